The number of hydrogen-bond donors (Lipinski definition) is 0. The summed E-state index contributed by atoms with van der Waals surface area (Å²) >= 11 is 1.34. The van der Waals surface area contributed by atoms with E-state index in [0.717, 1.165) is 0 Å². The van der Waals surface area contributed by atoms with Crippen LogP contribution in [0.5, 0.6) is 11.5 Å². The van der Waals surface area contributed by atoms with Gasteiger partial charge in [0.25, 0.3) is 5.56 Å². The summed E-state index contributed by atoms with van der Waals surface area (Å²) in [4.78, 5) is 22.4. The Balaban J connectivity index is 1.44. The molecule has 0 radical (unpaired) electrons. The molecule has 2 aromatic carbocycles. The van der Waals surface area contributed by atoms with Gasteiger partial charge < -0.3 is 18.4 Å². The molecular weight excluding hydrogens is 456 g/mol. The first-order valence-electron chi connectivity index (χ1n) is 10.4. The Bertz CT molecular complexity index is 1470. The number of benzene rings is 2. The smallest absolute Gasteiger partial charge is 0.262 e. The quantitative estimate of drug-likeness (QED) is 0.238. The highest BCUT2D eigenvalue weighted by molar-refractivity contribution is 7.98. The van der Waals surface area contributed by atoms with Crippen LogP contribution in [0.2, 0.25) is 0 Å². The summed E-state index contributed by atoms with van der Waals surface area (Å²) in [5, 5.41) is 5.16. The molecule has 0 bridgehead atoms. The SMILES string of the molecule is COc1cc(OC)cc(-c2noc(CSc3nc4ccccc4c(=O)n3Cc3ccco3)n2)c1. The zero-order valence-electron chi connectivity index (χ0n) is 18.4. The van der Waals surface area contributed by atoms with Crippen molar-refractivity contribution >= 4 is 22.7 Å². The van der Waals surface area contributed by atoms with Crippen LogP contribution in [-0.4, -0.2) is 33.9 Å². The Morgan fingerprint density at radius 2 is 1.79 bits per heavy atom. The summed E-state index contributed by atoms with van der Waals surface area (Å²) in [6, 6.07) is 16.2. The molecule has 0 saturated heterocycles. The third kappa shape index (κ3) is 4.40. The number of aromatic nitrogens is 4. The number of para-hydroxylation sites is 1. The average Bonchev–Trinajstić information content (AvgIpc) is 3.57. The summed E-state index contributed by atoms with van der Waals surface area (Å²) in [6.07, 6.45) is 1.58. The lowest BCUT2D eigenvalue weighted by Crippen LogP contribution is -2.23. The van der Waals surface area contributed by atoms with Gasteiger partial charge in [-0.2, -0.15) is 4.98 Å². The van der Waals surface area contributed by atoms with E-state index < -0.39 is 0 Å². The molecule has 9 nitrogen and oxygen atoms in total. The number of furan rings is 1. The molecule has 0 aliphatic carbocycles. The highest BCUT2D eigenvalue weighted by atomic mass is 32.2. The fourth-order valence-electron chi connectivity index (χ4n) is 3.45. The second-order valence-corrected chi connectivity index (χ2v) is 8.23. The van der Waals surface area contributed by atoms with Gasteiger partial charge >= 0.3 is 0 Å². The number of fused-ring (bicyclic) bond motifs is 1. The minimum atomic E-state index is -0.140. The Hall–Kier alpha value is -4.05. The Kier molecular flexibility index (Phi) is 6.05. The van der Waals surface area contributed by atoms with Crippen molar-refractivity contribution < 1.29 is 18.4 Å². The predicted molar refractivity (Wildman–Crippen MR) is 126 cm³/mol. The summed E-state index contributed by atoms with van der Waals surface area (Å²) in [6.45, 7) is 0.269. The number of ether oxygens (including phenoxy) is 2. The molecule has 0 N–H and O–H groups in total. The molecule has 0 saturated carbocycles. The molecule has 10 heteroatoms. The minimum Gasteiger partial charge on any atom is -0.497 e. The fraction of sp³-hybridized carbons (Fsp3) is 0.167. The topological polar surface area (TPSA) is 105 Å². The summed E-state index contributed by atoms with van der Waals surface area (Å²) in [7, 11) is 3.16. The van der Waals surface area contributed by atoms with Gasteiger partial charge in [0.1, 0.15) is 17.3 Å². The van der Waals surface area contributed by atoms with E-state index in [1.54, 1.807) is 55.4 Å². The van der Waals surface area contributed by atoms with E-state index in [9.17, 15) is 4.79 Å². The Labute approximate surface area is 198 Å². The molecule has 0 atom stereocenters. The van der Waals surface area contributed by atoms with Crippen molar-refractivity contribution in [1.29, 1.82) is 0 Å². The zero-order chi connectivity index (χ0) is 23.5. The zero-order valence-corrected chi connectivity index (χ0v) is 19.2. The van der Waals surface area contributed by atoms with Crippen LogP contribution in [0.4, 0.5) is 0 Å². The molecule has 3 heterocycles. The molecule has 5 aromatic rings. The first-order valence-corrected chi connectivity index (χ1v) is 11.3. The van der Waals surface area contributed by atoms with Crippen molar-refractivity contribution in [3.63, 3.8) is 0 Å². The molecule has 5 rings (SSSR count). The van der Waals surface area contributed by atoms with E-state index in [1.165, 1.54) is 11.8 Å². The first-order chi connectivity index (χ1) is 16.6. The van der Waals surface area contributed by atoms with Crippen LogP contribution < -0.4 is 15.0 Å². The summed E-state index contributed by atoms with van der Waals surface area (Å²) in [5.74, 6) is 3.04. The van der Waals surface area contributed by atoms with Gasteiger partial charge in [0, 0.05) is 11.6 Å². The maximum absolute atomic E-state index is 13.2. The van der Waals surface area contributed by atoms with Crippen molar-refractivity contribution in [2.45, 2.75) is 17.5 Å². The van der Waals surface area contributed by atoms with Crippen molar-refractivity contribution in [2.24, 2.45) is 0 Å². The van der Waals surface area contributed by atoms with E-state index in [1.807, 2.05) is 24.3 Å². The van der Waals surface area contributed by atoms with Crippen LogP contribution in [0.3, 0.4) is 0 Å². The van der Waals surface area contributed by atoms with E-state index >= 15 is 0 Å². The number of rotatable bonds is 8. The van der Waals surface area contributed by atoms with Crippen LogP contribution in [-0.2, 0) is 12.3 Å². The van der Waals surface area contributed by atoms with Crippen LogP contribution in [0.1, 0.15) is 11.7 Å². The third-order valence-corrected chi connectivity index (χ3v) is 6.08. The maximum atomic E-state index is 13.2. The highest BCUT2D eigenvalue weighted by Gasteiger charge is 2.16. The molecule has 172 valence electrons. The number of thioether (sulfide) groups is 1. The van der Waals surface area contributed by atoms with E-state index in [4.69, 9.17) is 23.4 Å². The van der Waals surface area contributed by atoms with Crippen molar-refractivity contribution in [2.75, 3.05) is 14.2 Å². The van der Waals surface area contributed by atoms with Crippen molar-refractivity contribution in [1.82, 2.24) is 19.7 Å². The lowest BCUT2D eigenvalue weighted by molar-refractivity contribution is 0.390. The average molecular weight is 477 g/mol. The second kappa shape index (κ2) is 9.44. The van der Waals surface area contributed by atoms with Gasteiger partial charge in [-0.25, -0.2) is 4.98 Å². The van der Waals surface area contributed by atoms with E-state index in [-0.39, 0.29) is 12.1 Å². The van der Waals surface area contributed by atoms with Crippen molar-refractivity contribution in [3.8, 4) is 22.9 Å². The van der Waals surface area contributed by atoms with E-state index in [0.29, 0.717) is 56.4 Å². The molecule has 0 aliphatic rings. The van der Waals surface area contributed by atoms with Gasteiger partial charge in [0.15, 0.2) is 5.16 Å². The van der Waals surface area contributed by atoms with Crippen LogP contribution in [0, 0.1) is 0 Å². The van der Waals surface area contributed by atoms with Crippen LogP contribution in [0.25, 0.3) is 22.3 Å². The molecule has 0 aliphatic heterocycles. The standard InChI is InChI=1S/C24H20N4O5S/c1-30-17-10-15(11-18(12-17)31-2)22-26-21(33-27-22)14-34-24-25-20-8-4-3-7-19(20)23(29)28(24)13-16-6-5-9-32-16/h3-12H,13-14H2,1-2H3. The molecule has 0 fully saturated rings. The van der Waals surface area contributed by atoms with Crippen molar-refractivity contribution in [3.05, 3.63) is 82.9 Å². The second-order valence-electron chi connectivity index (χ2n) is 7.28. The molecular formula is C24H20N4O5S. The Morgan fingerprint density at radius 1 is 1.00 bits per heavy atom. The maximum Gasteiger partial charge on any atom is 0.262 e. The normalized spacial score (nSPS) is 11.1. The highest BCUT2D eigenvalue weighted by Crippen LogP contribution is 2.29. The first kappa shape index (κ1) is 21.8. The third-order valence-electron chi connectivity index (χ3n) is 5.12. The van der Waals surface area contributed by atoms with Gasteiger partial charge in [0.2, 0.25) is 11.7 Å². The molecule has 3 aromatic heterocycles. The van der Waals surface area contributed by atoms with Gasteiger partial charge in [-0.3, -0.25) is 9.36 Å². The monoisotopic (exact) mass is 476 g/mol. The molecule has 0 amide bonds. The minimum absolute atomic E-state index is 0.140. The summed E-state index contributed by atoms with van der Waals surface area (Å²) in [5.41, 5.74) is 1.19. The molecule has 0 spiro atoms. The van der Waals surface area contributed by atoms with E-state index in [2.05, 4.69) is 10.1 Å². The lowest BCUT2D eigenvalue weighted by Gasteiger charge is -2.11. The fourth-order valence-corrected chi connectivity index (χ4v) is 4.29. The Morgan fingerprint density at radius 3 is 2.53 bits per heavy atom. The number of methoxy groups -OCH3 is 2. The molecule has 34 heavy (non-hydrogen) atoms. The van der Waals surface area contributed by atoms with Crippen LogP contribution in [0.15, 0.2) is 79.8 Å². The van der Waals surface area contributed by atoms with Gasteiger partial charge in [-0.1, -0.05) is 29.1 Å². The predicted octanol–water partition coefficient (Wildman–Crippen LogP) is 4.40. The molecule has 0 unspecified atom stereocenters. The van der Waals surface area contributed by atoms with Gasteiger partial charge in [0.05, 0.1) is 43.7 Å². The lowest BCUT2D eigenvalue weighted by atomic mass is 10.2. The van der Waals surface area contributed by atoms with Gasteiger partial charge in [-0.15, -0.1) is 0 Å². The van der Waals surface area contributed by atoms with Crippen LogP contribution >= 0.6 is 11.8 Å². The largest absolute Gasteiger partial charge is 0.497 e. The number of nitrogens with zero attached hydrogens (tertiary/aromatic N) is 4. The number of hydrogen-bond acceptors (Lipinski definition) is 9. The summed E-state index contributed by atoms with van der Waals surface area (Å²) < 4.78 is 23.1. The van der Waals surface area contributed by atoms with Gasteiger partial charge in [-0.05, 0) is 36.4 Å².